The quantitative estimate of drug-likeness (QED) is 0.327. The number of nitrogens with one attached hydrogen (secondary N) is 1. The Bertz CT molecular complexity index is 1340. The first-order chi connectivity index (χ1) is 16.0. The Hall–Kier alpha value is -3.58. The molecule has 33 heavy (non-hydrogen) atoms. The fourth-order valence-corrected chi connectivity index (χ4v) is 4.52. The lowest BCUT2D eigenvalue weighted by molar-refractivity contribution is -0.118. The highest BCUT2D eigenvalue weighted by atomic mass is 32.2. The number of amides is 1. The van der Waals surface area contributed by atoms with Crippen molar-refractivity contribution >= 4 is 28.6 Å². The van der Waals surface area contributed by atoms with Gasteiger partial charge in [-0.1, -0.05) is 54.2 Å². The number of thioether (sulfide) groups is 1. The number of carbonyl (C=O) groups excluding carboxylic acids is 1. The number of para-hydroxylation sites is 2. The van der Waals surface area contributed by atoms with Gasteiger partial charge in [0, 0.05) is 6.54 Å². The molecule has 7 heteroatoms. The molecule has 4 aromatic rings. The summed E-state index contributed by atoms with van der Waals surface area (Å²) in [6, 6.07) is 20.7. The van der Waals surface area contributed by atoms with Crippen molar-refractivity contribution in [1.82, 2.24) is 14.9 Å². The lowest BCUT2D eigenvalue weighted by atomic mass is 10.1. The number of benzene rings is 3. The van der Waals surface area contributed by atoms with E-state index in [2.05, 4.69) is 5.32 Å². The summed E-state index contributed by atoms with van der Waals surface area (Å²) in [5.74, 6) is 0.782. The Morgan fingerprint density at radius 1 is 1.00 bits per heavy atom. The maximum atomic E-state index is 13.5. The number of nitrogens with zero attached hydrogens (tertiary/aromatic N) is 2. The second-order valence-corrected chi connectivity index (χ2v) is 8.65. The lowest BCUT2D eigenvalue weighted by Crippen LogP contribution is -2.26. The highest BCUT2D eigenvalue weighted by Gasteiger charge is 2.17. The van der Waals surface area contributed by atoms with Gasteiger partial charge in [-0.2, -0.15) is 0 Å². The van der Waals surface area contributed by atoms with E-state index in [1.165, 1.54) is 11.8 Å². The van der Waals surface area contributed by atoms with Crippen molar-refractivity contribution in [2.24, 2.45) is 0 Å². The van der Waals surface area contributed by atoms with Crippen LogP contribution in [0, 0.1) is 13.8 Å². The summed E-state index contributed by atoms with van der Waals surface area (Å²) < 4.78 is 6.79. The normalized spacial score (nSPS) is 10.9. The predicted molar refractivity (Wildman–Crippen MR) is 132 cm³/mol. The minimum atomic E-state index is -0.140. The molecular weight excluding hydrogens is 434 g/mol. The Kier molecular flexibility index (Phi) is 6.79. The number of aryl methyl sites for hydroxylation is 2. The Morgan fingerprint density at radius 3 is 2.39 bits per heavy atom. The van der Waals surface area contributed by atoms with Gasteiger partial charge in [-0.05, 0) is 54.8 Å². The fourth-order valence-electron chi connectivity index (χ4n) is 3.69. The van der Waals surface area contributed by atoms with Crippen LogP contribution >= 0.6 is 11.8 Å². The summed E-state index contributed by atoms with van der Waals surface area (Å²) in [5, 5.41) is 3.97. The third-order valence-corrected chi connectivity index (χ3v) is 6.33. The van der Waals surface area contributed by atoms with Crippen molar-refractivity contribution in [3.05, 3.63) is 93.8 Å². The van der Waals surface area contributed by atoms with Crippen molar-refractivity contribution < 1.29 is 9.53 Å². The van der Waals surface area contributed by atoms with Gasteiger partial charge in [0.15, 0.2) is 5.16 Å². The second-order valence-electron chi connectivity index (χ2n) is 7.71. The minimum absolute atomic E-state index is 0.133. The van der Waals surface area contributed by atoms with E-state index in [4.69, 9.17) is 9.72 Å². The molecule has 0 saturated carbocycles. The number of rotatable bonds is 7. The van der Waals surface area contributed by atoms with Gasteiger partial charge in [-0.3, -0.25) is 14.2 Å². The maximum absolute atomic E-state index is 13.5. The van der Waals surface area contributed by atoms with Gasteiger partial charge in [0.1, 0.15) is 5.75 Å². The lowest BCUT2D eigenvalue weighted by Gasteiger charge is -2.17. The molecule has 3 aromatic carbocycles. The van der Waals surface area contributed by atoms with E-state index >= 15 is 0 Å². The van der Waals surface area contributed by atoms with Gasteiger partial charge >= 0.3 is 0 Å². The fraction of sp³-hybridized carbons (Fsp3) is 0.192. The molecule has 0 bridgehead atoms. The monoisotopic (exact) mass is 459 g/mol. The van der Waals surface area contributed by atoms with E-state index in [1.807, 2.05) is 74.5 Å². The van der Waals surface area contributed by atoms with Crippen LogP contribution in [-0.4, -0.2) is 28.3 Å². The van der Waals surface area contributed by atoms with Crippen molar-refractivity contribution in [1.29, 1.82) is 0 Å². The minimum Gasteiger partial charge on any atom is -0.497 e. The van der Waals surface area contributed by atoms with E-state index in [0.717, 1.165) is 28.1 Å². The van der Waals surface area contributed by atoms with Crippen LogP contribution in [0.15, 0.2) is 76.7 Å². The first kappa shape index (κ1) is 22.6. The van der Waals surface area contributed by atoms with Crippen LogP contribution in [0.2, 0.25) is 0 Å². The highest BCUT2D eigenvalue weighted by Crippen LogP contribution is 2.25. The van der Waals surface area contributed by atoms with E-state index in [-0.39, 0.29) is 17.2 Å². The smallest absolute Gasteiger partial charge is 0.266 e. The van der Waals surface area contributed by atoms with Crippen LogP contribution in [-0.2, 0) is 11.3 Å². The molecular formula is C26H25N3O3S. The Balaban J connectivity index is 1.60. The first-order valence-corrected chi connectivity index (χ1v) is 11.6. The molecule has 0 radical (unpaired) electrons. The van der Waals surface area contributed by atoms with Gasteiger partial charge in [-0.25, -0.2) is 4.98 Å². The molecule has 168 valence electrons. The summed E-state index contributed by atoms with van der Waals surface area (Å²) in [7, 11) is 1.62. The number of fused-ring (bicyclic) bond motifs is 1. The summed E-state index contributed by atoms with van der Waals surface area (Å²) >= 11 is 1.26. The van der Waals surface area contributed by atoms with Crippen LogP contribution in [0.25, 0.3) is 16.6 Å². The number of aromatic nitrogens is 2. The van der Waals surface area contributed by atoms with E-state index in [9.17, 15) is 9.59 Å². The van der Waals surface area contributed by atoms with Gasteiger partial charge in [0.2, 0.25) is 5.91 Å². The Labute approximate surface area is 196 Å². The summed E-state index contributed by atoms with van der Waals surface area (Å²) in [6.45, 7) is 4.36. The Morgan fingerprint density at radius 2 is 1.70 bits per heavy atom. The van der Waals surface area contributed by atoms with Crippen molar-refractivity contribution in [2.75, 3.05) is 12.9 Å². The molecule has 0 saturated heterocycles. The molecule has 0 fully saturated rings. The zero-order chi connectivity index (χ0) is 23.4. The van der Waals surface area contributed by atoms with Crippen LogP contribution in [0.3, 0.4) is 0 Å². The molecule has 0 atom stereocenters. The number of carbonyl (C=O) groups is 1. The molecule has 1 aromatic heterocycles. The zero-order valence-electron chi connectivity index (χ0n) is 18.8. The van der Waals surface area contributed by atoms with Gasteiger partial charge in [0.05, 0.1) is 29.5 Å². The average molecular weight is 460 g/mol. The number of methoxy groups -OCH3 is 1. The second kappa shape index (κ2) is 9.92. The average Bonchev–Trinajstić information content (AvgIpc) is 2.83. The summed E-state index contributed by atoms with van der Waals surface area (Å²) in [4.78, 5) is 30.8. The molecule has 4 rings (SSSR count). The molecule has 0 unspecified atom stereocenters. The molecule has 1 amide bonds. The molecule has 1 N–H and O–H groups in total. The topological polar surface area (TPSA) is 73.2 Å². The highest BCUT2D eigenvalue weighted by molar-refractivity contribution is 7.99. The predicted octanol–water partition coefficient (Wildman–Crippen LogP) is 4.42. The summed E-state index contributed by atoms with van der Waals surface area (Å²) in [6.07, 6.45) is 0. The first-order valence-electron chi connectivity index (χ1n) is 10.6. The molecule has 0 aliphatic rings. The SMILES string of the molecule is COc1ccc(CNC(=O)CSc2nc3ccccc3c(=O)n2-c2c(C)cccc2C)cc1. The molecule has 0 spiro atoms. The third kappa shape index (κ3) is 4.93. The molecule has 0 aliphatic heterocycles. The maximum Gasteiger partial charge on any atom is 0.266 e. The zero-order valence-corrected chi connectivity index (χ0v) is 19.6. The molecule has 1 heterocycles. The van der Waals surface area contributed by atoms with Crippen molar-refractivity contribution in [2.45, 2.75) is 25.5 Å². The van der Waals surface area contributed by atoms with E-state index < -0.39 is 0 Å². The standard InChI is InChI=1S/C26H25N3O3S/c1-17-7-6-8-18(2)24(17)29-25(31)21-9-4-5-10-22(21)28-26(29)33-16-23(30)27-15-19-11-13-20(32-3)14-12-19/h4-14H,15-16H2,1-3H3,(H,27,30). The van der Waals surface area contributed by atoms with Crippen molar-refractivity contribution in [3.8, 4) is 11.4 Å². The number of hydrogen-bond donors (Lipinski definition) is 1. The van der Waals surface area contributed by atoms with Gasteiger partial charge in [0.25, 0.3) is 5.56 Å². The van der Waals surface area contributed by atoms with E-state index in [0.29, 0.717) is 22.6 Å². The van der Waals surface area contributed by atoms with Crippen LogP contribution in [0.5, 0.6) is 5.75 Å². The third-order valence-electron chi connectivity index (χ3n) is 5.39. The van der Waals surface area contributed by atoms with Crippen LogP contribution in [0.4, 0.5) is 0 Å². The molecule has 0 aliphatic carbocycles. The number of ether oxygens (including phenoxy) is 1. The van der Waals surface area contributed by atoms with Crippen LogP contribution < -0.4 is 15.6 Å². The largest absolute Gasteiger partial charge is 0.497 e. The van der Waals surface area contributed by atoms with Gasteiger partial charge < -0.3 is 10.1 Å². The van der Waals surface area contributed by atoms with Gasteiger partial charge in [-0.15, -0.1) is 0 Å². The molecule has 6 nitrogen and oxygen atoms in total. The number of hydrogen-bond acceptors (Lipinski definition) is 5. The van der Waals surface area contributed by atoms with Crippen molar-refractivity contribution in [3.63, 3.8) is 0 Å². The van der Waals surface area contributed by atoms with Crippen LogP contribution in [0.1, 0.15) is 16.7 Å². The summed E-state index contributed by atoms with van der Waals surface area (Å²) in [5.41, 5.74) is 4.21. The van der Waals surface area contributed by atoms with E-state index in [1.54, 1.807) is 17.7 Å².